The average molecular weight is 338 g/mol. The third kappa shape index (κ3) is 4.11. The van der Waals surface area contributed by atoms with Crippen LogP contribution in [0.25, 0.3) is 0 Å². The molecule has 0 saturated carbocycles. The van der Waals surface area contributed by atoms with E-state index in [2.05, 4.69) is 21.7 Å². The molecule has 1 aromatic carbocycles. The molecule has 0 saturated heterocycles. The van der Waals surface area contributed by atoms with Crippen molar-refractivity contribution >= 4 is 28.7 Å². The van der Waals surface area contributed by atoms with E-state index >= 15 is 0 Å². The van der Waals surface area contributed by atoms with E-state index in [-0.39, 0.29) is 11.7 Å². The lowest BCUT2D eigenvalue weighted by atomic mass is 10.2. The highest BCUT2D eigenvalue weighted by Crippen LogP contribution is 2.18. The van der Waals surface area contributed by atoms with E-state index in [1.807, 2.05) is 36.4 Å². The number of hydrogen-bond acceptors (Lipinski definition) is 5. The zero-order valence-corrected chi connectivity index (χ0v) is 13.8. The Bertz CT molecular complexity index is 817. The first-order valence-corrected chi connectivity index (χ1v) is 8.39. The van der Waals surface area contributed by atoms with Gasteiger partial charge in [-0.25, -0.2) is 4.98 Å². The molecule has 0 atom stereocenters. The van der Waals surface area contributed by atoms with Crippen LogP contribution in [0.4, 0.5) is 11.5 Å². The van der Waals surface area contributed by atoms with Gasteiger partial charge in [0, 0.05) is 28.2 Å². The number of benzene rings is 1. The van der Waals surface area contributed by atoms with Crippen LogP contribution in [-0.4, -0.2) is 10.9 Å². The lowest BCUT2D eigenvalue weighted by molar-refractivity contribution is 0.0952. The number of pyridine rings is 1. The fourth-order valence-corrected chi connectivity index (χ4v) is 3.13. The number of thiophene rings is 1. The molecule has 0 fully saturated rings. The zero-order chi connectivity index (χ0) is 16.8. The SMILES string of the molecule is Nc1ncccc1C(=O)NCc1ccc(CNc2ccccc2)s1. The maximum Gasteiger partial charge on any atom is 0.255 e. The maximum atomic E-state index is 12.1. The summed E-state index contributed by atoms with van der Waals surface area (Å²) in [5.74, 6) is 0.0342. The summed E-state index contributed by atoms with van der Waals surface area (Å²) in [6.07, 6.45) is 1.57. The molecule has 24 heavy (non-hydrogen) atoms. The molecule has 4 N–H and O–H groups in total. The molecule has 0 aliphatic heterocycles. The number of nitrogen functional groups attached to an aromatic ring is 1. The average Bonchev–Trinajstić information content (AvgIpc) is 3.07. The van der Waals surface area contributed by atoms with Crippen molar-refractivity contribution in [2.24, 2.45) is 0 Å². The number of anilines is 2. The minimum absolute atomic E-state index is 0.210. The predicted molar refractivity (Wildman–Crippen MR) is 97.9 cm³/mol. The third-order valence-corrected chi connectivity index (χ3v) is 4.55. The van der Waals surface area contributed by atoms with Crippen molar-refractivity contribution in [3.05, 3.63) is 76.1 Å². The van der Waals surface area contributed by atoms with Gasteiger partial charge in [0.05, 0.1) is 12.1 Å². The highest BCUT2D eigenvalue weighted by molar-refractivity contribution is 7.12. The minimum atomic E-state index is -0.210. The van der Waals surface area contributed by atoms with Crippen LogP contribution < -0.4 is 16.4 Å². The summed E-state index contributed by atoms with van der Waals surface area (Å²) in [7, 11) is 0. The summed E-state index contributed by atoms with van der Waals surface area (Å²) in [6.45, 7) is 1.24. The van der Waals surface area contributed by atoms with E-state index in [0.717, 1.165) is 17.1 Å². The van der Waals surface area contributed by atoms with Gasteiger partial charge < -0.3 is 16.4 Å². The molecule has 6 heteroatoms. The van der Waals surface area contributed by atoms with E-state index in [1.54, 1.807) is 29.7 Å². The molecule has 0 spiro atoms. The number of carbonyl (C=O) groups excluding carboxylic acids is 1. The van der Waals surface area contributed by atoms with E-state index in [4.69, 9.17) is 5.73 Å². The van der Waals surface area contributed by atoms with Crippen molar-refractivity contribution < 1.29 is 4.79 Å². The van der Waals surface area contributed by atoms with Gasteiger partial charge in [0.1, 0.15) is 5.82 Å². The van der Waals surface area contributed by atoms with Crippen LogP contribution in [0.3, 0.4) is 0 Å². The topological polar surface area (TPSA) is 80.0 Å². The van der Waals surface area contributed by atoms with Gasteiger partial charge in [-0.2, -0.15) is 0 Å². The van der Waals surface area contributed by atoms with E-state index in [1.165, 1.54) is 4.88 Å². The summed E-state index contributed by atoms with van der Waals surface area (Å²) in [6, 6.07) is 17.5. The molecule has 3 rings (SSSR count). The Morgan fingerprint density at radius 2 is 1.75 bits per heavy atom. The molecule has 0 unspecified atom stereocenters. The van der Waals surface area contributed by atoms with E-state index in [0.29, 0.717) is 12.1 Å². The van der Waals surface area contributed by atoms with Gasteiger partial charge >= 0.3 is 0 Å². The molecule has 2 heterocycles. The van der Waals surface area contributed by atoms with Gasteiger partial charge in [0.2, 0.25) is 0 Å². The van der Waals surface area contributed by atoms with Crippen LogP contribution in [0.15, 0.2) is 60.8 Å². The number of para-hydroxylation sites is 1. The first kappa shape index (κ1) is 16.0. The van der Waals surface area contributed by atoms with Crippen molar-refractivity contribution in [1.82, 2.24) is 10.3 Å². The van der Waals surface area contributed by atoms with Gasteiger partial charge in [-0.3, -0.25) is 4.79 Å². The Morgan fingerprint density at radius 3 is 2.50 bits per heavy atom. The monoisotopic (exact) mass is 338 g/mol. The molecule has 3 aromatic rings. The first-order valence-electron chi connectivity index (χ1n) is 7.57. The van der Waals surface area contributed by atoms with Crippen molar-refractivity contribution in [1.29, 1.82) is 0 Å². The molecule has 1 amide bonds. The minimum Gasteiger partial charge on any atom is -0.383 e. The Kier molecular flexibility index (Phi) is 5.08. The third-order valence-electron chi connectivity index (χ3n) is 3.46. The fourth-order valence-electron chi connectivity index (χ4n) is 2.23. The molecular weight excluding hydrogens is 320 g/mol. The number of aromatic nitrogens is 1. The van der Waals surface area contributed by atoms with Crippen LogP contribution in [0.2, 0.25) is 0 Å². The van der Waals surface area contributed by atoms with Crippen molar-refractivity contribution in [2.45, 2.75) is 13.1 Å². The molecule has 0 aliphatic carbocycles. The second-order valence-electron chi connectivity index (χ2n) is 5.21. The van der Waals surface area contributed by atoms with Crippen LogP contribution in [0.5, 0.6) is 0 Å². The predicted octanol–water partition coefficient (Wildman–Crippen LogP) is 3.27. The molecule has 122 valence electrons. The molecule has 2 aromatic heterocycles. The van der Waals surface area contributed by atoms with E-state index < -0.39 is 0 Å². The van der Waals surface area contributed by atoms with Gasteiger partial charge in [-0.05, 0) is 36.4 Å². The van der Waals surface area contributed by atoms with Crippen LogP contribution in [0, 0.1) is 0 Å². The smallest absolute Gasteiger partial charge is 0.255 e. The number of carbonyl (C=O) groups is 1. The molecule has 5 nitrogen and oxygen atoms in total. The standard InChI is InChI=1S/C18H18N4OS/c19-17-16(7-4-10-20-17)18(23)22-12-15-9-8-14(24-15)11-21-13-5-2-1-3-6-13/h1-10,21H,11-12H2,(H2,19,20)(H,22,23). The second-order valence-corrected chi connectivity index (χ2v) is 6.46. The summed E-state index contributed by atoms with van der Waals surface area (Å²) >= 11 is 1.67. The van der Waals surface area contributed by atoms with Crippen molar-refractivity contribution in [3.63, 3.8) is 0 Å². The van der Waals surface area contributed by atoms with Crippen LogP contribution in [0.1, 0.15) is 20.1 Å². The number of nitrogens with zero attached hydrogens (tertiary/aromatic N) is 1. The quantitative estimate of drug-likeness (QED) is 0.644. The number of nitrogens with two attached hydrogens (primary N) is 1. The lowest BCUT2D eigenvalue weighted by Crippen LogP contribution is -2.23. The Labute approximate surface area is 144 Å². The van der Waals surface area contributed by atoms with Crippen LogP contribution >= 0.6 is 11.3 Å². The van der Waals surface area contributed by atoms with Crippen LogP contribution in [-0.2, 0) is 13.1 Å². The normalized spacial score (nSPS) is 10.3. The number of nitrogens with one attached hydrogen (secondary N) is 2. The Hall–Kier alpha value is -2.86. The molecule has 0 bridgehead atoms. The summed E-state index contributed by atoms with van der Waals surface area (Å²) < 4.78 is 0. The van der Waals surface area contributed by atoms with E-state index in [9.17, 15) is 4.79 Å². The maximum absolute atomic E-state index is 12.1. The zero-order valence-electron chi connectivity index (χ0n) is 13.0. The fraction of sp³-hybridized carbons (Fsp3) is 0.111. The summed E-state index contributed by atoms with van der Waals surface area (Å²) in [4.78, 5) is 18.3. The highest BCUT2D eigenvalue weighted by Gasteiger charge is 2.10. The number of hydrogen-bond donors (Lipinski definition) is 3. The largest absolute Gasteiger partial charge is 0.383 e. The Morgan fingerprint density at radius 1 is 1.00 bits per heavy atom. The van der Waals surface area contributed by atoms with Gasteiger partial charge in [0.25, 0.3) is 5.91 Å². The summed E-state index contributed by atoms with van der Waals surface area (Å²) in [5, 5.41) is 6.24. The van der Waals surface area contributed by atoms with Gasteiger partial charge in [0.15, 0.2) is 0 Å². The van der Waals surface area contributed by atoms with Gasteiger partial charge in [-0.1, -0.05) is 18.2 Å². The first-order chi connectivity index (χ1) is 11.7. The molecular formula is C18H18N4OS. The van der Waals surface area contributed by atoms with Crippen molar-refractivity contribution in [2.75, 3.05) is 11.1 Å². The lowest BCUT2D eigenvalue weighted by Gasteiger charge is -2.05. The number of rotatable bonds is 6. The second kappa shape index (κ2) is 7.61. The summed E-state index contributed by atoms with van der Waals surface area (Å²) in [5.41, 5.74) is 7.21. The Balaban J connectivity index is 1.53. The van der Waals surface area contributed by atoms with Gasteiger partial charge in [-0.15, -0.1) is 11.3 Å². The van der Waals surface area contributed by atoms with Crippen molar-refractivity contribution in [3.8, 4) is 0 Å². The molecule has 0 radical (unpaired) electrons. The highest BCUT2D eigenvalue weighted by atomic mass is 32.1. The molecule has 0 aliphatic rings. The number of amides is 1.